The molecule has 0 bridgehead atoms. The number of benzene rings is 1. The summed E-state index contributed by atoms with van der Waals surface area (Å²) >= 11 is 0. The van der Waals surface area contributed by atoms with Gasteiger partial charge in [-0.15, -0.1) is 0 Å². The fourth-order valence-electron chi connectivity index (χ4n) is 3.05. The lowest BCUT2D eigenvalue weighted by Gasteiger charge is -2.24. The van der Waals surface area contributed by atoms with Crippen molar-refractivity contribution in [1.82, 2.24) is 5.32 Å². The molecule has 2 atom stereocenters. The van der Waals surface area contributed by atoms with Crippen LogP contribution in [-0.4, -0.2) is 6.04 Å². The van der Waals surface area contributed by atoms with E-state index >= 15 is 0 Å². The lowest BCUT2D eigenvalue weighted by Crippen LogP contribution is -2.30. The van der Waals surface area contributed by atoms with E-state index in [4.69, 9.17) is 0 Å². The summed E-state index contributed by atoms with van der Waals surface area (Å²) in [6, 6.07) is 5.60. The Morgan fingerprint density at radius 1 is 0.895 bits per heavy atom. The fraction of sp³-hybridized carbons (Fsp3) is 0.667. The molecule has 0 amide bonds. The zero-order valence-electron chi connectivity index (χ0n) is 13.8. The second-order valence-electron chi connectivity index (χ2n) is 6.57. The fourth-order valence-corrected chi connectivity index (χ4v) is 3.05. The quantitative estimate of drug-likeness (QED) is 0.752. The minimum atomic E-state index is 0.433. The predicted octanol–water partition coefficient (Wildman–Crippen LogP) is 5.09. The smallest absolute Gasteiger partial charge is 0.0299 e. The SMILES string of the molecule is Cc1cc(C)c(C(C)NC(C)CCC(C)C)c(C)c1. The zero-order valence-corrected chi connectivity index (χ0v) is 13.8. The van der Waals surface area contributed by atoms with E-state index in [-0.39, 0.29) is 0 Å². The summed E-state index contributed by atoms with van der Waals surface area (Å²) < 4.78 is 0. The second-order valence-corrected chi connectivity index (χ2v) is 6.57. The van der Waals surface area contributed by atoms with Crippen LogP contribution in [0.1, 0.15) is 68.8 Å². The molecule has 0 saturated carbocycles. The Morgan fingerprint density at radius 3 is 1.89 bits per heavy atom. The Balaban J connectivity index is 2.70. The van der Waals surface area contributed by atoms with Crippen molar-refractivity contribution in [2.75, 3.05) is 0 Å². The molecular weight excluding hydrogens is 230 g/mol. The van der Waals surface area contributed by atoms with Crippen molar-refractivity contribution in [3.63, 3.8) is 0 Å². The second kappa shape index (κ2) is 7.09. The van der Waals surface area contributed by atoms with Gasteiger partial charge >= 0.3 is 0 Å². The molecule has 0 aromatic heterocycles. The van der Waals surface area contributed by atoms with Crippen LogP contribution in [0.15, 0.2) is 12.1 Å². The van der Waals surface area contributed by atoms with Crippen molar-refractivity contribution >= 4 is 0 Å². The highest BCUT2D eigenvalue weighted by Gasteiger charge is 2.14. The number of hydrogen-bond donors (Lipinski definition) is 1. The third kappa shape index (κ3) is 4.99. The van der Waals surface area contributed by atoms with Crippen molar-refractivity contribution < 1.29 is 0 Å². The highest BCUT2D eigenvalue weighted by molar-refractivity contribution is 5.39. The molecule has 0 fully saturated rings. The molecule has 1 N–H and O–H groups in total. The topological polar surface area (TPSA) is 12.0 Å². The number of nitrogens with one attached hydrogen (secondary N) is 1. The van der Waals surface area contributed by atoms with E-state index in [1.165, 1.54) is 35.1 Å². The van der Waals surface area contributed by atoms with Crippen LogP contribution in [0.2, 0.25) is 0 Å². The van der Waals surface area contributed by atoms with E-state index < -0.39 is 0 Å². The Labute approximate surface area is 119 Å². The molecule has 0 radical (unpaired) electrons. The van der Waals surface area contributed by atoms with Crippen LogP contribution in [0.5, 0.6) is 0 Å². The van der Waals surface area contributed by atoms with Gasteiger partial charge in [0.15, 0.2) is 0 Å². The van der Waals surface area contributed by atoms with Gasteiger partial charge in [-0.25, -0.2) is 0 Å². The molecule has 1 aromatic carbocycles. The normalized spacial score (nSPS) is 14.7. The number of rotatable bonds is 6. The molecule has 0 saturated heterocycles. The van der Waals surface area contributed by atoms with Gasteiger partial charge in [0.05, 0.1) is 0 Å². The van der Waals surface area contributed by atoms with Gasteiger partial charge in [0, 0.05) is 12.1 Å². The first kappa shape index (κ1) is 16.2. The van der Waals surface area contributed by atoms with Crippen molar-refractivity contribution in [1.29, 1.82) is 0 Å². The van der Waals surface area contributed by atoms with E-state index in [0.29, 0.717) is 12.1 Å². The summed E-state index contributed by atoms with van der Waals surface area (Å²) in [5, 5.41) is 3.75. The average Bonchev–Trinajstić information content (AvgIpc) is 2.24. The van der Waals surface area contributed by atoms with Crippen LogP contribution in [0.4, 0.5) is 0 Å². The van der Waals surface area contributed by atoms with Gasteiger partial charge in [0.1, 0.15) is 0 Å². The molecule has 0 aliphatic heterocycles. The van der Waals surface area contributed by atoms with Crippen LogP contribution >= 0.6 is 0 Å². The summed E-state index contributed by atoms with van der Waals surface area (Å²) in [6.07, 6.45) is 2.55. The molecule has 0 aliphatic carbocycles. The first-order valence-corrected chi connectivity index (χ1v) is 7.65. The molecule has 19 heavy (non-hydrogen) atoms. The van der Waals surface area contributed by atoms with Gasteiger partial charge in [-0.3, -0.25) is 0 Å². The van der Waals surface area contributed by atoms with Crippen LogP contribution in [0, 0.1) is 26.7 Å². The lowest BCUT2D eigenvalue weighted by atomic mass is 9.94. The van der Waals surface area contributed by atoms with Crippen LogP contribution in [0.3, 0.4) is 0 Å². The molecule has 0 heterocycles. The van der Waals surface area contributed by atoms with Crippen molar-refractivity contribution in [3.8, 4) is 0 Å². The van der Waals surface area contributed by atoms with Crippen LogP contribution < -0.4 is 5.32 Å². The minimum absolute atomic E-state index is 0.433. The monoisotopic (exact) mass is 261 g/mol. The van der Waals surface area contributed by atoms with E-state index in [0.717, 1.165) is 5.92 Å². The van der Waals surface area contributed by atoms with Gasteiger partial charge in [-0.2, -0.15) is 0 Å². The van der Waals surface area contributed by atoms with Crippen molar-refractivity contribution in [2.24, 2.45) is 5.92 Å². The first-order chi connectivity index (χ1) is 8.81. The molecular formula is C18H31N. The standard InChI is InChI=1S/C18H31N/c1-12(2)8-9-16(6)19-17(7)18-14(4)10-13(3)11-15(18)5/h10-12,16-17,19H,8-9H2,1-7H3. The number of aryl methyl sites for hydroxylation is 3. The van der Waals surface area contributed by atoms with Gasteiger partial charge in [-0.1, -0.05) is 31.5 Å². The maximum Gasteiger partial charge on any atom is 0.0299 e. The number of hydrogen-bond acceptors (Lipinski definition) is 1. The van der Waals surface area contributed by atoms with Gasteiger partial charge < -0.3 is 5.32 Å². The molecule has 1 heteroatoms. The van der Waals surface area contributed by atoms with Crippen molar-refractivity contribution in [3.05, 3.63) is 34.4 Å². The molecule has 0 aliphatic rings. The Hall–Kier alpha value is -0.820. The summed E-state index contributed by atoms with van der Waals surface area (Å²) in [4.78, 5) is 0. The predicted molar refractivity (Wildman–Crippen MR) is 85.7 cm³/mol. The van der Waals surface area contributed by atoms with Gasteiger partial charge in [0.25, 0.3) is 0 Å². The van der Waals surface area contributed by atoms with Crippen LogP contribution in [-0.2, 0) is 0 Å². The highest BCUT2D eigenvalue weighted by atomic mass is 14.9. The van der Waals surface area contributed by atoms with Gasteiger partial charge in [-0.05, 0) is 70.1 Å². The molecule has 0 spiro atoms. The summed E-state index contributed by atoms with van der Waals surface area (Å²) in [5.74, 6) is 0.794. The molecule has 1 nitrogen and oxygen atoms in total. The summed E-state index contributed by atoms with van der Waals surface area (Å²) in [6.45, 7) is 15.8. The summed E-state index contributed by atoms with van der Waals surface area (Å²) in [5.41, 5.74) is 5.66. The highest BCUT2D eigenvalue weighted by Crippen LogP contribution is 2.24. The Morgan fingerprint density at radius 2 is 1.42 bits per heavy atom. The van der Waals surface area contributed by atoms with E-state index in [2.05, 4.69) is 65.9 Å². The summed E-state index contributed by atoms with van der Waals surface area (Å²) in [7, 11) is 0. The molecule has 2 unspecified atom stereocenters. The lowest BCUT2D eigenvalue weighted by molar-refractivity contribution is 0.416. The van der Waals surface area contributed by atoms with E-state index in [1.807, 2.05) is 0 Å². The average molecular weight is 261 g/mol. The largest absolute Gasteiger partial charge is 0.308 e. The third-order valence-electron chi connectivity index (χ3n) is 3.88. The first-order valence-electron chi connectivity index (χ1n) is 7.65. The third-order valence-corrected chi connectivity index (χ3v) is 3.88. The van der Waals surface area contributed by atoms with Gasteiger partial charge in [0.2, 0.25) is 0 Å². The minimum Gasteiger partial charge on any atom is -0.308 e. The Kier molecular flexibility index (Phi) is 6.06. The van der Waals surface area contributed by atoms with E-state index in [9.17, 15) is 0 Å². The van der Waals surface area contributed by atoms with E-state index in [1.54, 1.807) is 0 Å². The Bertz CT molecular complexity index is 383. The zero-order chi connectivity index (χ0) is 14.6. The maximum atomic E-state index is 3.75. The van der Waals surface area contributed by atoms with Crippen molar-refractivity contribution in [2.45, 2.75) is 73.4 Å². The molecule has 1 aromatic rings. The molecule has 108 valence electrons. The van der Waals surface area contributed by atoms with Crippen LogP contribution in [0.25, 0.3) is 0 Å². The maximum absolute atomic E-state index is 3.75. The molecule has 1 rings (SSSR count).